The Bertz CT molecular complexity index is 182. The molecule has 2 N–H and O–H groups in total. The van der Waals surface area contributed by atoms with E-state index in [1.165, 1.54) is 57.8 Å². The van der Waals surface area contributed by atoms with Gasteiger partial charge in [0.15, 0.2) is 0 Å². The molecule has 0 aromatic heterocycles. The number of rotatable bonds is 12. The van der Waals surface area contributed by atoms with E-state index in [4.69, 9.17) is 5.11 Å². The molecule has 0 heterocycles. The summed E-state index contributed by atoms with van der Waals surface area (Å²) in [5, 5.41) is 18.7. The predicted octanol–water partition coefficient (Wildman–Crippen LogP) is 4.29. The molecular weight excluding hydrogens is 224 g/mol. The third kappa shape index (κ3) is 8.93. The molecule has 2 atom stereocenters. The predicted molar refractivity (Wildman–Crippen MR) is 78.7 cm³/mol. The van der Waals surface area contributed by atoms with Crippen LogP contribution < -0.4 is 0 Å². The maximum absolute atomic E-state index is 9.68. The Morgan fingerprint density at radius 2 is 1.44 bits per heavy atom. The molecular formula is C16H34O2. The highest BCUT2D eigenvalue weighted by Gasteiger charge is 2.26. The van der Waals surface area contributed by atoms with Gasteiger partial charge in [0.2, 0.25) is 0 Å². The van der Waals surface area contributed by atoms with Gasteiger partial charge in [-0.1, -0.05) is 65.7 Å². The molecule has 2 nitrogen and oxygen atoms in total. The fraction of sp³-hybridized carbons (Fsp3) is 1.00. The SMILES string of the molecule is CCCCCCCC(C)(CCCC)CC(O)CO. The van der Waals surface area contributed by atoms with Crippen molar-refractivity contribution in [1.29, 1.82) is 0 Å². The summed E-state index contributed by atoms with van der Waals surface area (Å²) in [6.07, 6.45) is 11.5. The molecule has 0 bridgehead atoms. The van der Waals surface area contributed by atoms with Crippen LogP contribution in [0.15, 0.2) is 0 Å². The van der Waals surface area contributed by atoms with E-state index in [-0.39, 0.29) is 12.0 Å². The Morgan fingerprint density at radius 1 is 0.889 bits per heavy atom. The molecule has 0 amide bonds. The highest BCUT2D eigenvalue weighted by atomic mass is 16.3. The van der Waals surface area contributed by atoms with Gasteiger partial charge in [-0.3, -0.25) is 0 Å². The first-order valence-electron chi connectivity index (χ1n) is 7.87. The van der Waals surface area contributed by atoms with E-state index in [1.807, 2.05) is 0 Å². The highest BCUT2D eigenvalue weighted by molar-refractivity contribution is 4.77. The summed E-state index contributed by atoms with van der Waals surface area (Å²) >= 11 is 0. The zero-order valence-corrected chi connectivity index (χ0v) is 12.7. The van der Waals surface area contributed by atoms with Crippen LogP contribution in [0, 0.1) is 5.41 Å². The van der Waals surface area contributed by atoms with Gasteiger partial charge in [0.05, 0.1) is 12.7 Å². The lowest BCUT2D eigenvalue weighted by Gasteiger charge is -2.31. The Labute approximate surface area is 114 Å². The minimum absolute atomic E-state index is 0.0997. The van der Waals surface area contributed by atoms with Crippen LogP contribution in [0.25, 0.3) is 0 Å². The molecule has 18 heavy (non-hydrogen) atoms. The highest BCUT2D eigenvalue weighted by Crippen LogP contribution is 2.35. The third-order valence-corrected chi connectivity index (χ3v) is 3.96. The number of aliphatic hydroxyl groups excluding tert-OH is 2. The molecule has 110 valence electrons. The fourth-order valence-electron chi connectivity index (χ4n) is 2.72. The smallest absolute Gasteiger partial charge is 0.0776 e. The molecule has 0 radical (unpaired) electrons. The van der Waals surface area contributed by atoms with E-state index >= 15 is 0 Å². The number of unbranched alkanes of at least 4 members (excludes halogenated alkanes) is 5. The minimum Gasteiger partial charge on any atom is -0.394 e. The lowest BCUT2D eigenvalue weighted by Crippen LogP contribution is -2.26. The summed E-state index contributed by atoms with van der Waals surface area (Å²) in [5.41, 5.74) is 0.213. The van der Waals surface area contributed by atoms with Crippen molar-refractivity contribution in [3.63, 3.8) is 0 Å². The molecule has 0 aromatic carbocycles. The molecule has 0 aromatic rings. The van der Waals surface area contributed by atoms with E-state index in [0.29, 0.717) is 0 Å². The average Bonchev–Trinajstić information content (AvgIpc) is 2.36. The van der Waals surface area contributed by atoms with Crippen molar-refractivity contribution in [2.45, 2.75) is 91.1 Å². The summed E-state index contributed by atoms with van der Waals surface area (Å²) in [7, 11) is 0. The number of hydrogen-bond donors (Lipinski definition) is 2. The van der Waals surface area contributed by atoms with Crippen molar-refractivity contribution in [1.82, 2.24) is 0 Å². The van der Waals surface area contributed by atoms with Crippen LogP contribution in [0.3, 0.4) is 0 Å². The van der Waals surface area contributed by atoms with E-state index in [9.17, 15) is 5.11 Å². The van der Waals surface area contributed by atoms with Gasteiger partial charge in [0.1, 0.15) is 0 Å². The fourth-order valence-corrected chi connectivity index (χ4v) is 2.72. The van der Waals surface area contributed by atoms with Crippen molar-refractivity contribution >= 4 is 0 Å². The molecule has 0 rings (SSSR count). The zero-order chi connectivity index (χ0) is 13.9. The third-order valence-electron chi connectivity index (χ3n) is 3.96. The molecule has 0 spiro atoms. The van der Waals surface area contributed by atoms with Crippen molar-refractivity contribution < 1.29 is 10.2 Å². The first-order valence-corrected chi connectivity index (χ1v) is 7.87. The Hall–Kier alpha value is -0.0800. The number of hydrogen-bond acceptors (Lipinski definition) is 2. The summed E-state index contributed by atoms with van der Waals surface area (Å²) in [6, 6.07) is 0. The van der Waals surface area contributed by atoms with Crippen molar-refractivity contribution in [2.24, 2.45) is 5.41 Å². The van der Waals surface area contributed by atoms with Crippen LogP contribution in [-0.2, 0) is 0 Å². The molecule has 0 aliphatic carbocycles. The molecule has 2 unspecified atom stereocenters. The first kappa shape index (κ1) is 17.9. The lowest BCUT2D eigenvalue weighted by atomic mass is 9.76. The average molecular weight is 258 g/mol. The standard InChI is InChI=1S/C16H34O2/c1-4-6-8-9-10-12-16(3,11-7-5-2)13-15(18)14-17/h15,17-18H,4-14H2,1-3H3. The number of aliphatic hydroxyl groups is 2. The monoisotopic (exact) mass is 258 g/mol. The van der Waals surface area contributed by atoms with Gasteiger partial charge in [0, 0.05) is 0 Å². The molecule has 0 saturated carbocycles. The topological polar surface area (TPSA) is 40.5 Å². The summed E-state index contributed by atoms with van der Waals surface area (Å²) < 4.78 is 0. The van der Waals surface area contributed by atoms with Gasteiger partial charge in [0.25, 0.3) is 0 Å². The van der Waals surface area contributed by atoms with Crippen LogP contribution in [0.4, 0.5) is 0 Å². The van der Waals surface area contributed by atoms with Crippen LogP contribution in [0.5, 0.6) is 0 Å². The van der Waals surface area contributed by atoms with Crippen LogP contribution in [0.2, 0.25) is 0 Å². The van der Waals surface area contributed by atoms with Gasteiger partial charge in [-0.2, -0.15) is 0 Å². The van der Waals surface area contributed by atoms with Crippen LogP contribution in [0.1, 0.15) is 85.0 Å². The molecule has 0 aliphatic rings. The first-order chi connectivity index (χ1) is 8.58. The normalized spacial score (nSPS) is 16.5. The molecule has 2 heteroatoms. The van der Waals surface area contributed by atoms with Crippen molar-refractivity contribution in [3.05, 3.63) is 0 Å². The van der Waals surface area contributed by atoms with Gasteiger partial charge in [-0.05, 0) is 24.7 Å². The van der Waals surface area contributed by atoms with E-state index in [2.05, 4.69) is 20.8 Å². The van der Waals surface area contributed by atoms with Crippen LogP contribution in [-0.4, -0.2) is 22.9 Å². The summed E-state index contributed by atoms with van der Waals surface area (Å²) in [6.45, 7) is 6.63. The van der Waals surface area contributed by atoms with E-state index in [0.717, 1.165) is 6.42 Å². The second-order valence-electron chi connectivity index (χ2n) is 6.12. The summed E-state index contributed by atoms with van der Waals surface area (Å²) in [5.74, 6) is 0. The second-order valence-corrected chi connectivity index (χ2v) is 6.12. The van der Waals surface area contributed by atoms with Crippen molar-refractivity contribution in [2.75, 3.05) is 6.61 Å². The molecule has 0 fully saturated rings. The Morgan fingerprint density at radius 3 is 2.00 bits per heavy atom. The minimum atomic E-state index is -0.539. The van der Waals surface area contributed by atoms with Gasteiger partial charge < -0.3 is 10.2 Å². The largest absolute Gasteiger partial charge is 0.394 e. The second kappa shape index (κ2) is 10.8. The maximum atomic E-state index is 9.68. The van der Waals surface area contributed by atoms with Gasteiger partial charge in [-0.25, -0.2) is 0 Å². The Balaban J connectivity index is 4.03. The maximum Gasteiger partial charge on any atom is 0.0776 e. The van der Waals surface area contributed by atoms with Crippen LogP contribution >= 0.6 is 0 Å². The molecule has 0 saturated heterocycles. The summed E-state index contributed by atoms with van der Waals surface area (Å²) in [4.78, 5) is 0. The van der Waals surface area contributed by atoms with Gasteiger partial charge >= 0.3 is 0 Å². The van der Waals surface area contributed by atoms with Crippen molar-refractivity contribution in [3.8, 4) is 0 Å². The molecule has 0 aliphatic heterocycles. The zero-order valence-electron chi connectivity index (χ0n) is 12.7. The van der Waals surface area contributed by atoms with E-state index < -0.39 is 6.10 Å². The Kier molecular flexibility index (Phi) is 10.8. The quantitative estimate of drug-likeness (QED) is 0.513. The van der Waals surface area contributed by atoms with E-state index in [1.54, 1.807) is 0 Å². The van der Waals surface area contributed by atoms with Gasteiger partial charge in [-0.15, -0.1) is 0 Å². The lowest BCUT2D eigenvalue weighted by molar-refractivity contribution is 0.0441.